The van der Waals surface area contributed by atoms with Gasteiger partial charge >= 0.3 is 0 Å². The number of hydrogen-bond donors (Lipinski definition) is 1. The summed E-state index contributed by atoms with van der Waals surface area (Å²) in [6.07, 6.45) is 1.32. The first-order valence-electron chi connectivity index (χ1n) is 5.94. The van der Waals surface area contributed by atoms with Crippen LogP contribution in [0.5, 0.6) is 0 Å². The minimum absolute atomic E-state index is 0.101. The first-order chi connectivity index (χ1) is 8.47. The third-order valence-electron chi connectivity index (χ3n) is 3.41. The van der Waals surface area contributed by atoms with Crippen molar-refractivity contribution in [3.63, 3.8) is 0 Å². The van der Waals surface area contributed by atoms with Gasteiger partial charge in [-0.3, -0.25) is 4.79 Å². The number of rotatable bonds is 3. The maximum atomic E-state index is 12.2. The van der Waals surface area contributed by atoms with Gasteiger partial charge in [-0.25, -0.2) is 0 Å². The first-order valence-corrected chi connectivity index (χ1v) is 7.14. The van der Waals surface area contributed by atoms with Crippen LogP contribution in [0.2, 0.25) is 4.34 Å². The van der Waals surface area contributed by atoms with Crippen LogP contribution in [0.3, 0.4) is 0 Å². The lowest BCUT2D eigenvalue weighted by molar-refractivity contribution is -0.134. The molecule has 5 heteroatoms. The van der Waals surface area contributed by atoms with Gasteiger partial charge in [0.05, 0.1) is 16.4 Å². The summed E-state index contributed by atoms with van der Waals surface area (Å²) in [5.74, 6) is 0.307. The fourth-order valence-electron chi connectivity index (χ4n) is 2.42. The zero-order chi connectivity index (χ0) is 13.3. The summed E-state index contributed by atoms with van der Waals surface area (Å²) >= 11 is 7.32. The van der Waals surface area contributed by atoms with Crippen molar-refractivity contribution in [1.82, 2.24) is 5.32 Å². The molecule has 0 radical (unpaired) electrons. The van der Waals surface area contributed by atoms with Crippen LogP contribution in [0.1, 0.15) is 37.6 Å². The van der Waals surface area contributed by atoms with Crippen molar-refractivity contribution in [2.45, 2.75) is 32.7 Å². The third kappa shape index (κ3) is 2.38. The Morgan fingerprint density at radius 1 is 1.67 bits per heavy atom. The summed E-state index contributed by atoms with van der Waals surface area (Å²) < 4.78 is 0.707. The van der Waals surface area contributed by atoms with Crippen LogP contribution in [0.15, 0.2) is 12.1 Å². The molecule has 18 heavy (non-hydrogen) atoms. The summed E-state index contributed by atoms with van der Waals surface area (Å²) in [7, 11) is 0. The Morgan fingerprint density at radius 2 is 2.33 bits per heavy atom. The van der Waals surface area contributed by atoms with E-state index >= 15 is 0 Å². The Morgan fingerprint density at radius 3 is 2.78 bits per heavy atom. The first kappa shape index (κ1) is 13.4. The molecular weight excluding hydrogens is 268 g/mol. The van der Waals surface area contributed by atoms with Gasteiger partial charge in [-0.1, -0.05) is 18.5 Å². The van der Waals surface area contributed by atoms with Crippen molar-refractivity contribution < 1.29 is 4.79 Å². The largest absolute Gasteiger partial charge is 0.347 e. The normalized spacial score (nSPS) is 28.0. The van der Waals surface area contributed by atoms with Crippen molar-refractivity contribution in [2.24, 2.45) is 11.3 Å². The molecule has 0 bridgehead atoms. The highest BCUT2D eigenvalue weighted by Crippen LogP contribution is 2.45. The molecule has 1 atom stereocenters. The van der Waals surface area contributed by atoms with E-state index in [1.165, 1.54) is 11.3 Å². The number of carbonyl (C=O) groups is 1. The second-order valence-corrected chi connectivity index (χ2v) is 6.79. The number of hydrogen-bond acceptors (Lipinski definition) is 3. The molecule has 1 N–H and O–H groups in total. The Bertz CT molecular complexity index is 499. The van der Waals surface area contributed by atoms with Crippen molar-refractivity contribution in [1.29, 1.82) is 5.26 Å². The molecule has 0 spiro atoms. The highest BCUT2D eigenvalue weighted by Gasteiger charge is 2.49. The van der Waals surface area contributed by atoms with E-state index in [0.29, 0.717) is 23.1 Å². The second-order valence-electron chi connectivity index (χ2n) is 5.04. The average molecular weight is 283 g/mol. The standard InChI is InChI=1S/C13H15ClN2OS/c1-8-5-13(6-8,7-15)12(17)16-9(2)10-3-4-11(14)18-10/h3-4,8-9H,5-6H2,1-2H3,(H,16,17). The summed E-state index contributed by atoms with van der Waals surface area (Å²) in [5, 5.41) is 12.1. The summed E-state index contributed by atoms with van der Waals surface area (Å²) in [6, 6.07) is 5.79. The molecule has 1 fully saturated rings. The lowest BCUT2D eigenvalue weighted by Crippen LogP contribution is -2.48. The fourth-order valence-corrected chi connectivity index (χ4v) is 3.49. The Labute approximate surface area is 116 Å². The number of amides is 1. The predicted molar refractivity (Wildman–Crippen MR) is 72.3 cm³/mol. The third-order valence-corrected chi connectivity index (χ3v) is 4.82. The van der Waals surface area contributed by atoms with Crippen LogP contribution >= 0.6 is 22.9 Å². The molecule has 1 unspecified atom stereocenters. The quantitative estimate of drug-likeness (QED) is 0.922. The second kappa shape index (κ2) is 4.91. The Balaban J connectivity index is 2.02. The van der Waals surface area contributed by atoms with Gasteiger partial charge in [0.25, 0.3) is 0 Å². The van der Waals surface area contributed by atoms with Crippen LogP contribution in [0, 0.1) is 22.7 Å². The van der Waals surface area contributed by atoms with E-state index < -0.39 is 5.41 Å². The van der Waals surface area contributed by atoms with Crippen molar-refractivity contribution in [3.05, 3.63) is 21.3 Å². The number of thiophene rings is 1. The summed E-state index contributed by atoms with van der Waals surface area (Å²) in [5.41, 5.74) is -0.811. The molecule has 1 amide bonds. The van der Waals surface area contributed by atoms with E-state index in [9.17, 15) is 10.1 Å². The van der Waals surface area contributed by atoms with Crippen molar-refractivity contribution in [2.75, 3.05) is 0 Å². The zero-order valence-corrected chi connectivity index (χ0v) is 11.9. The van der Waals surface area contributed by atoms with Gasteiger partial charge in [0.2, 0.25) is 5.91 Å². The smallest absolute Gasteiger partial charge is 0.240 e. The van der Waals surface area contributed by atoms with E-state index in [1.807, 2.05) is 19.1 Å². The monoisotopic (exact) mass is 282 g/mol. The number of nitrogens with one attached hydrogen (secondary N) is 1. The highest BCUT2D eigenvalue weighted by atomic mass is 35.5. The summed E-state index contributed by atoms with van der Waals surface area (Å²) in [4.78, 5) is 13.2. The molecule has 1 aromatic heterocycles. The summed E-state index contributed by atoms with van der Waals surface area (Å²) in [6.45, 7) is 3.97. The van der Waals surface area contributed by atoms with Crippen molar-refractivity contribution >= 4 is 28.8 Å². The van der Waals surface area contributed by atoms with E-state index in [-0.39, 0.29) is 11.9 Å². The van der Waals surface area contributed by atoms with E-state index in [4.69, 9.17) is 11.6 Å². The van der Waals surface area contributed by atoms with Gasteiger partial charge in [0, 0.05) is 4.88 Å². The van der Waals surface area contributed by atoms with Gasteiger partial charge in [0.1, 0.15) is 5.41 Å². The highest BCUT2D eigenvalue weighted by molar-refractivity contribution is 7.16. The van der Waals surface area contributed by atoms with E-state index in [1.54, 1.807) is 0 Å². The molecule has 1 aromatic rings. The molecule has 0 aromatic carbocycles. The van der Waals surface area contributed by atoms with Crippen LogP contribution < -0.4 is 5.32 Å². The zero-order valence-electron chi connectivity index (χ0n) is 10.4. The topological polar surface area (TPSA) is 52.9 Å². The number of carbonyl (C=O) groups excluding carboxylic acids is 1. The molecule has 1 aliphatic rings. The van der Waals surface area contributed by atoms with Gasteiger partial charge < -0.3 is 5.32 Å². The molecule has 1 saturated carbocycles. The molecule has 0 aliphatic heterocycles. The van der Waals surface area contributed by atoms with Gasteiger partial charge in [0.15, 0.2) is 0 Å². The molecule has 0 saturated heterocycles. The van der Waals surface area contributed by atoms with E-state index in [0.717, 1.165) is 4.88 Å². The number of nitriles is 1. The van der Waals surface area contributed by atoms with E-state index in [2.05, 4.69) is 18.3 Å². The lowest BCUT2D eigenvalue weighted by Gasteiger charge is -2.39. The minimum Gasteiger partial charge on any atom is -0.347 e. The van der Waals surface area contributed by atoms with Crippen LogP contribution in [-0.4, -0.2) is 5.91 Å². The van der Waals surface area contributed by atoms with Gasteiger partial charge in [-0.15, -0.1) is 11.3 Å². The molecule has 3 nitrogen and oxygen atoms in total. The van der Waals surface area contributed by atoms with Crippen molar-refractivity contribution in [3.8, 4) is 6.07 Å². The average Bonchev–Trinajstić information content (AvgIpc) is 2.71. The Kier molecular flexibility index (Phi) is 3.65. The molecular formula is C13H15ClN2OS. The molecule has 1 aliphatic carbocycles. The number of halogens is 1. The van der Waals surface area contributed by atoms with Crippen LogP contribution in [0.4, 0.5) is 0 Å². The SMILES string of the molecule is CC1CC(C#N)(C(=O)NC(C)c2ccc(Cl)s2)C1. The van der Waals surface area contributed by atoms with Gasteiger partial charge in [-0.05, 0) is 37.8 Å². The van der Waals surface area contributed by atoms with Crippen LogP contribution in [-0.2, 0) is 4.79 Å². The molecule has 96 valence electrons. The maximum absolute atomic E-state index is 12.2. The minimum atomic E-state index is -0.811. The molecule has 1 heterocycles. The predicted octanol–water partition coefficient (Wildman–Crippen LogP) is 3.52. The maximum Gasteiger partial charge on any atom is 0.240 e. The number of nitrogens with zero attached hydrogens (tertiary/aromatic N) is 1. The van der Waals surface area contributed by atoms with Crippen LogP contribution in [0.25, 0.3) is 0 Å². The molecule has 2 rings (SSSR count). The van der Waals surface area contributed by atoms with Gasteiger partial charge in [-0.2, -0.15) is 5.26 Å². The Hall–Kier alpha value is -1.05. The fraction of sp³-hybridized carbons (Fsp3) is 0.538. The lowest BCUT2D eigenvalue weighted by atomic mass is 9.63.